The molecule has 0 unspecified atom stereocenters. The number of nitrogens with zero attached hydrogens (tertiary/aromatic N) is 1. The van der Waals surface area contributed by atoms with E-state index in [1.165, 1.54) is 0 Å². The molecule has 98 valence electrons. The highest BCUT2D eigenvalue weighted by molar-refractivity contribution is 8.02. The van der Waals surface area contributed by atoms with Crippen molar-refractivity contribution >= 4 is 34.9 Å². The standard InChI is InChI=1S/C11H21N3OS2/c1-3-13-9(15)8-14-6-4-11(17-2,5-7-14)10(12)16/h3-8H2,1-2H3,(H2,12,16)(H,13,15). The van der Waals surface area contributed by atoms with Gasteiger partial charge in [0.2, 0.25) is 5.91 Å². The number of amides is 1. The molecule has 1 rings (SSSR count). The van der Waals surface area contributed by atoms with Crippen LogP contribution in [0.3, 0.4) is 0 Å². The van der Waals surface area contributed by atoms with Gasteiger partial charge < -0.3 is 11.1 Å². The maximum absolute atomic E-state index is 11.5. The molecule has 17 heavy (non-hydrogen) atoms. The zero-order valence-corrected chi connectivity index (χ0v) is 12.1. The molecule has 1 saturated heterocycles. The van der Waals surface area contributed by atoms with Crippen molar-refractivity contribution in [3.63, 3.8) is 0 Å². The fraction of sp³-hybridized carbons (Fsp3) is 0.818. The fourth-order valence-corrected chi connectivity index (χ4v) is 3.33. The van der Waals surface area contributed by atoms with E-state index < -0.39 is 0 Å². The lowest BCUT2D eigenvalue weighted by atomic mass is 9.95. The van der Waals surface area contributed by atoms with Crippen LogP contribution in [-0.2, 0) is 4.79 Å². The van der Waals surface area contributed by atoms with Crippen LogP contribution in [0.1, 0.15) is 19.8 Å². The normalized spacial score (nSPS) is 19.9. The number of carbonyl (C=O) groups is 1. The van der Waals surface area contributed by atoms with Crippen molar-refractivity contribution in [2.75, 3.05) is 32.4 Å². The lowest BCUT2D eigenvalue weighted by molar-refractivity contribution is -0.122. The van der Waals surface area contributed by atoms with Crippen LogP contribution in [0.2, 0.25) is 0 Å². The number of carbonyl (C=O) groups excluding carboxylic acids is 1. The summed E-state index contributed by atoms with van der Waals surface area (Å²) in [7, 11) is 0. The van der Waals surface area contributed by atoms with Gasteiger partial charge in [-0.3, -0.25) is 9.69 Å². The van der Waals surface area contributed by atoms with Crippen molar-refractivity contribution in [2.24, 2.45) is 5.73 Å². The van der Waals surface area contributed by atoms with Crippen LogP contribution in [0.5, 0.6) is 0 Å². The molecule has 0 radical (unpaired) electrons. The third-order valence-electron chi connectivity index (χ3n) is 3.24. The third-order valence-corrected chi connectivity index (χ3v) is 5.17. The topological polar surface area (TPSA) is 58.4 Å². The summed E-state index contributed by atoms with van der Waals surface area (Å²) in [5.74, 6) is 0.0967. The molecule has 0 aromatic heterocycles. The van der Waals surface area contributed by atoms with Crippen LogP contribution in [0, 0.1) is 0 Å². The summed E-state index contributed by atoms with van der Waals surface area (Å²) >= 11 is 6.89. The van der Waals surface area contributed by atoms with Gasteiger partial charge >= 0.3 is 0 Å². The Balaban J connectivity index is 2.45. The Labute approximate surface area is 113 Å². The van der Waals surface area contributed by atoms with Crippen LogP contribution in [0.15, 0.2) is 0 Å². The van der Waals surface area contributed by atoms with Gasteiger partial charge in [-0.15, -0.1) is 0 Å². The number of thioether (sulfide) groups is 1. The van der Waals surface area contributed by atoms with Gasteiger partial charge in [0.05, 0.1) is 16.3 Å². The second-order valence-corrected chi connectivity index (χ2v) is 5.92. The van der Waals surface area contributed by atoms with E-state index in [0.29, 0.717) is 18.1 Å². The van der Waals surface area contributed by atoms with Crippen molar-refractivity contribution in [3.8, 4) is 0 Å². The Kier molecular flexibility index (Phi) is 5.69. The number of likely N-dealkylation sites (tertiary alicyclic amines) is 1. The predicted octanol–water partition coefficient (Wildman–Crippen LogP) is 0.606. The van der Waals surface area contributed by atoms with Gasteiger partial charge in [-0.25, -0.2) is 0 Å². The minimum absolute atomic E-state index is 0.0624. The minimum atomic E-state index is -0.0624. The van der Waals surface area contributed by atoms with Crippen LogP contribution in [-0.4, -0.2) is 53.0 Å². The molecule has 0 bridgehead atoms. The summed E-state index contributed by atoms with van der Waals surface area (Å²) in [5.41, 5.74) is 5.82. The summed E-state index contributed by atoms with van der Waals surface area (Å²) in [4.78, 5) is 14.2. The summed E-state index contributed by atoms with van der Waals surface area (Å²) in [5, 5.41) is 2.81. The third kappa shape index (κ3) is 3.82. The van der Waals surface area contributed by atoms with E-state index in [1.807, 2.05) is 6.92 Å². The van der Waals surface area contributed by atoms with Gasteiger partial charge in [-0.05, 0) is 26.0 Å². The Morgan fingerprint density at radius 1 is 1.53 bits per heavy atom. The van der Waals surface area contributed by atoms with E-state index in [4.69, 9.17) is 18.0 Å². The summed E-state index contributed by atoms with van der Waals surface area (Å²) in [6.45, 7) is 4.87. The highest BCUT2D eigenvalue weighted by Crippen LogP contribution is 2.34. The van der Waals surface area contributed by atoms with Gasteiger partial charge in [0.1, 0.15) is 0 Å². The van der Waals surface area contributed by atoms with Crippen molar-refractivity contribution < 1.29 is 4.79 Å². The summed E-state index contributed by atoms with van der Waals surface area (Å²) < 4.78 is -0.0624. The first-order valence-electron chi connectivity index (χ1n) is 5.88. The summed E-state index contributed by atoms with van der Waals surface area (Å²) in [6, 6.07) is 0. The van der Waals surface area contributed by atoms with Crippen molar-refractivity contribution in [1.29, 1.82) is 0 Å². The molecule has 3 N–H and O–H groups in total. The van der Waals surface area contributed by atoms with Crippen LogP contribution >= 0.6 is 24.0 Å². The second-order valence-electron chi connectivity index (χ2n) is 4.29. The molecule has 0 atom stereocenters. The van der Waals surface area contributed by atoms with Crippen LogP contribution in [0.4, 0.5) is 0 Å². The van der Waals surface area contributed by atoms with Crippen molar-refractivity contribution in [2.45, 2.75) is 24.5 Å². The van der Waals surface area contributed by atoms with E-state index in [-0.39, 0.29) is 10.7 Å². The average molecular weight is 275 g/mol. The highest BCUT2D eigenvalue weighted by atomic mass is 32.2. The first-order chi connectivity index (χ1) is 8.04. The molecule has 1 heterocycles. The van der Waals surface area contributed by atoms with Crippen molar-refractivity contribution in [1.82, 2.24) is 10.2 Å². The van der Waals surface area contributed by atoms with Crippen LogP contribution < -0.4 is 11.1 Å². The fourth-order valence-electron chi connectivity index (χ4n) is 2.08. The van der Waals surface area contributed by atoms with Gasteiger partial charge in [0.25, 0.3) is 0 Å². The van der Waals surface area contributed by atoms with E-state index in [2.05, 4.69) is 16.5 Å². The zero-order chi connectivity index (χ0) is 12.9. The van der Waals surface area contributed by atoms with E-state index >= 15 is 0 Å². The Morgan fingerprint density at radius 3 is 2.53 bits per heavy atom. The molecule has 1 fully saturated rings. The molecule has 1 amide bonds. The van der Waals surface area contributed by atoms with Gasteiger partial charge in [-0.2, -0.15) is 11.8 Å². The van der Waals surface area contributed by atoms with E-state index in [9.17, 15) is 4.79 Å². The molecule has 6 heteroatoms. The largest absolute Gasteiger partial charge is 0.392 e. The SMILES string of the molecule is CCNC(=O)CN1CCC(SC)(C(N)=S)CC1. The lowest BCUT2D eigenvalue weighted by Crippen LogP contribution is -2.51. The van der Waals surface area contributed by atoms with Crippen molar-refractivity contribution in [3.05, 3.63) is 0 Å². The minimum Gasteiger partial charge on any atom is -0.392 e. The molecule has 0 aromatic rings. The smallest absolute Gasteiger partial charge is 0.234 e. The average Bonchev–Trinajstić information content (AvgIpc) is 2.30. The molecule has 0 aromatic carbocycles. The Hall–Kier alpha value is -0.330. The Bertz CT molecular complexity index is 288. The predicted molar refractivity (Wildman–Crippen MR) is 77.4 cm³/mol. The molecular weight excluding hydrogens is 254 g/mol. The second kappa shape index (κ2) is 6.56. The quantitative estimate of drug-likeness (QED) is 0.720. The number of likely N-dealkylation sites (N-methyl/N-ethyl adjacent to an activating group) is 1. The maximum Gasteiger partial charge on any atom is 0.234 e. The molecule has 1 aliphatic heterocycles. The molecule has 0 spiro atoms. The molecule has 4 nitrogen and oxygen atoms in total. The van der Waals surface area contributed by atoms with Crippen LogP contribution in [0.25, 0.3) is 0 Å². The number of hydrogen-bond acceptors (Lipinski definition) is 4. The van der Waals surface area contributed by atoms with Gasteiger partial charge in [0.15, 0.2) is 0 Å². The Morgan fingerprint density at radius 2 is 2.12 bits per heavy atom. The number of thiocarbonyl (C=S) groups is 1. The molecule has 1 aliphatic rings. The number of nitrogens with two attached hydrogens (primary N) is 1. The molecule has 0 aliphatic carbocycles. The molecular formula is C11H21N3OS2. The number of piperidine rings is 1. The first kappa shape index (κ1) is 14.7. The summed E-state index contributed by atoms with van der Waals surface area (Å²) in [6.07, 6.45) is 3.92. The zero-order valence-electron chi connectivity index (χ0n) is 10.5. The van der Waals surface area contributed by atoms with E-state index in [1.54, 1.807) is 11.8 Å². The maximum atomic E-state index is 11.5. The lowest BCUT2D eigenvalue weighted by Gasteiger charge is -2.39. The van der Waals surface area contributed by atoms with E-state index in [0.717, 1.165) is 25.9 Å². The van der Waals surface area contributed by atoms with Gasteiger partial charge in [0, 0.05) is 19.6 Å². The highest BCUT2D eigenvalue weighted by Gasteiger charge is 2.36. The van der Waals surface area contributed by atoms with Gasteiger partial charge in [-0.1, -0.05) is 12.2 Å². The molecule has 0 saturated carbocycles. The number of rotatable bonds is 5. The number of nitrogens with one attached hydrogen (secondary N) is 1. The monoisotopic (exact) mass is 275 g/mol. The first-order valence-corrected chi connectivity index (χ1v) is 7.51. The number of hydrogen-bond donors (Lipinski definition) is 2.